The van der Waals surface area contributed by atoms with Crippen LogP contribution in [0.2, 0.25) is 0 Å². The number of hydrogen-bond donors (Lipinski definition) is 0. The molecule has 0 aliphatic heterocycles. The minimum atomic E-state index is -8.55. The molecule has 0 radical (unpaired) electrons. The molecule has 0 aliphatic carbocycles. The normalized spacial score (nSPS) is 11.3. The van der Waals surface area contributed by atoms with Gasteiger partial charge in [-0.3, -0.25) is 0 Å². The van der Waals surface area contributed by atoms with Crippen molar-refractivity contribution >= 4 is 21.5 Å². The molecule has 5 rings (SSSR count). The largest absolute Gasteiger partial charge is 1.00 e. The van der Waals surface area contributed by atoms with E-state index in [2.05, 4.69) is 130 Å². The smallest absolute Gasteiger partial charge is 0.357 e. The van der Waals surface area contributed by atoms with Crippen LogP contribution in [0.3, 0.4) is 0 Å². The summed E-state index contributed by atoms with van der Waals surface area (Å²) in [6.07, 6.45) is 0. The molecule has 266 valence electrons. The van der Waals surface area contributed by atoms with E-state index in [1.54, 1.807) is 0 Å². The molecule has 0 bridgehead atoms. The Balaban J connectivity index is 0.000000341. The van der Waals surface area contributed by atoms with Gasteiger partial charge in [0.25, 0.3) is 0 Å². The second-order valence-electron chi connectivity index (χ2n) is 9.62. The van der Waals surface area contributed by atoms with Crippen LogP contribution in [0.25, 0.3) is 0 Å². The van der Waals surface area contributed by atoms with E-state index >= 15 is 0 Å². The summed E-state index contributed by atoms with van der Waals surface area (Å²) in [5.41, 5.74) is 2.15. The van der Waals surface area contributed by atoms with Crippen LogP contribution in [0.1, 0.15) is 30.9 Å². The van der Waals surface area contributed by atoms with E-state index in [-0.39, 0.29) is 47.1 Å². The Morgan fingerprint density at radius 1 is 0.490 bits per heavy atom. The molecule has 15 heteroatoms. The molecule has 0 aromatic heterocycles. The second-order valence-corrected chi connectivity index (χ2v) is 17.0. The number of halogens is 13. The van der Waals surface area contributed by atoms with Crippen molar-refractivity contribution in [2.75, 3.05) is 0 Å². The summed E-state index contributed by atoms with van der Waals surface area (Å²) in [4.78, 5) is 0. The summed E-state index contributed by atoms with van der Waals surface area (Å²) in [6.45, 7) is 6.62. The van der Waals surface area contributed by atoms with Gasteiger partial charge in [0.15, 0.2) is 31.7 Å². The zero-order valence-corrected chi connectivity index (χ0v) is 30.5. The summed E-state index contributed by atoms with van der Waals surface area (Å²) < 4.78 is 117. The maximum atomic E-state index is 12.5. The van der Waals surface area contributed by atoms with Gasteiger partial charge in [-0.05, 0) is 74.8 Å². The zero-order chi connectivity index (χ0) is 36.1. The molecular formula is C34H31BF11I2P. The standard InChI is InChI=1S/C16H18I.C12H10I.C6H3BF5.F5P.FH/c1-12(2)14-6-10-16(11-7-14)17-15-8-4-13(3)5-9-15;1-3-7-11(8-4-1)13-12-9-5-2-6-10-12;7-1-2(8)4(10)6(12)5(11)3(1)9;1-6(2,3,4)5;/h4-12H,1-3H3;1-10H;7H3;;1H/q2*+1;-1;;/p-1. The van der Waals surface area contributed by atoms with Gasteiger partial charge in [-0.1, -0.05) is 80.1 Å². The topological polar surface area (TPSA) is 0 Å². The molecule has 0 saturated heterocycles. The van der Waals surface area contributed by atoms with Crippen LogP contribution >= 0.6 is 8.16 Å². The molecule has 5 aromatic carbocycles. The van der Waals surface area contributed by atoms with Crippen LogP contribution < -0.4 is 52.6 Å². The van der Waals surface area contributed by atoms with E-state index in [1.807, 2.05) is 0 Å². The first kappa shape index (κ1) is 44.3. The fraction of sp³-hybridized carbons (Fsp3) is 0.118. The summed E-state index contributed by atoms with van der Waals surface area (Å²) in [5, 5.41) is 0. The van der Waals surface area contributed by atoms with Crippen LogP contribution in [0.5, 0.6) is 0 Å². The van der Waals surface area contributed by atoms with Gasteiger partial charge in [-0.2, -0.15) is 0 Å². The Bertz CT molecular complexity index is 1560. The van der Waals surface area contributed by atoms with Gasteiger partial charge in [0.05, 0.1) is 0 Å². The van der Waals surface area contributed by atoms with Crippen molar-refractivity contribution in [1.29, 1.82) is 0 Å². The Kier molecular flexibility index (Phi) is 18.3. The Hall–Kier alpha value is -2.72. The van der Waals surface area contributed by atoms with Crippen molar-refractivity contribution < 1.29 is 90.1 Å². The van der Waals surface area contributed by atoms with Crippen LogP contribution in [-0.4, -0.2) is 7.85 Å². The average molecular weight is 944 g/mol. The van der Waals surface area contributed by atoms with Crippen LogP contribution in [0, 0.1) is 50.3 Å². The van der Waals surface area contributed by atoms with Crippen molar-refractivity contribution in [2.24, 2.45) is 0 Å². The summed E-state index contributed by atoms with van der Waals surface area (Å²) in [7, 11) is -9.60. The fourth-order valence-corrected chi connectivity index (χ4v) is 7.64. The van der Waals surface area contributed by atoms with Gasteiger partial charge in [0.2, 0.25) is 0 Å². The maximum Gasteiger partial charge on any atom is 0.357 e. The molecular weight excluding hydrogens is 913 g/mol. The number of hydrogen-bond acceptors (Lipinski definition) is 0. The predicted octanol–water partition coefficient (Wildman–Crippen LogP) is 1.40. The quantitative estimate of drug-likeness (QED) is 0.0626. The van der Waals surface area contributed by atoms with E-state index in [1.165, 1.54) is 25.4 Å². The van der Waals surface area contributed by atoms with Gasteiger partial charge < -0.3 is 4.70 Å². The van der Waals surface area contributed by atoms with Gasteiger partial charge >= 0.3 is 71.6 Å². The molecule has 0 atom stereocenters. The van der Waals surface area contributed by atoms with Gasteiger partial charge in [-0.25, -0.2) is 22.0 Å². The first-order chi connectivity index (χ1) is 22.3. The summed E-state index contributed by atoms with van der Waals surface area (Å²) in [5.74, 6) is -8.51. The Labute approximate surface area is 300 Å². The minimum Gasteiger partial charge on any atom is -1.00 e. The first-order valence-corrected chi connectivity index (χ1v) is 19.5. The molecule has 0 heterocycles. The fourth-order valence-electron chi connectivity index (χ4n) is 3.21. The molecule has 0 saturated carbocycles. The minimum absolute atomic E-state index is 0. The monoisotopic (exact) mass is 944 g/mol. The SMILES string of the molecule is Cc1ccc([I+]c2ccc(C(C)C)cc2)cc1.FP(F)(F)(F)F.[BH3-]c1c(F)c(F)c(F)c(F)c1F.[F-].c1ccc([I+]c2ccccc2)cc1. The third-order valence-electron chi connectivity index (χ3n) is 5.44. The average Bonchev–Trinajstić information content (AvgIpc) is 3.04. The number of benzene rings is 5. The Morgan fingerprint density at radius 3 is 1.10 bits per heavy atom. The molecule has 0 amide bonds. The zero-order valence-electron chi connectivity index (χ0n) is 25.3. The first-order valence-electron chi connectivity index (χ1n) is 13.5. The van der Waals surface area contributed by atoms with Crippen LogP contribution in [-0.2, 0) is 0 Å². The molecule has 0 N–H and O–H groups in total. The van der Waals surface area contributed by atoms with Gasteiger partial charge in [-0.15, -0.1) is 5.46 Å². The molecule has 0 aliphatic rings. The van der Waals surface area contributed by atoms with Gasteiger partial charge in [0.1, 0.15) is 11.6 Å². The molecule has 0 unspecified atom stereocenters. The summed E-state index contributed by atoms with van der Waals surface area (Å²) >= 11 is 0.0120. The van der Waals surface area contributed by atoms with Crippen molar-refractivity contribution in [3.8, 4) is 0 Å². The van der Waals surface area contributed by atoms with E-state index in [0.29, 0.717) is 5.92 Å². The van der Waals surface area contributed by atoms with Crippen molar-refractivity contribution in [1.82, 2.24) is 0 Å². The summed E-state index contributed by atoms with van der Waals surface area (Å²) in [6, 6.07) is 39.5. The molecule has 5 aromatic rings. The third kappa shape index (κ3) is 17.7. The van der Waals surface area contributed by atoms with E-state index in [9.17, 15) is 42.9 Å². The van der Waals surface area contributed by atoms with E-state index in [4.69, 9.17) is 0 Å². The number of rotatable bonds is 5. The van der Waals surface area contributed by atoms with Crippen LogP contribution in [0.15, 0.2) is 109 Å². The molecule has 49 heavy (non-hydrogen) atoms. The third-order valence-corrected chi connectivity index (χ3v) is 10.8. The number of aryl methyl sites for hydroxylation is 1. The van der Waals surface area contributed by atoms with E-state index < -0.39 is 50.6 Å². The van der Waals surface area contributed by atoms with E-state index in [0.717, 1.165) is 0 Å². The molecule has 0 spiro atoms. The van der Waals surface area contributed by atoms with Crippen molar-refractivity contribution in [2.45, 2.75) is 26.7 Å². The maximum absolute atomic E-state index is 12.5. The van der Waals surface area contributed by atoms with Crippen LogP contribution in [0.4, 0.5) is 42.9 Å². The predicted molar refractivity (Wildman–Crippen MR) is 168 cm³/mol. The second kappa shape index (κ2) is 20.2. The molecule has 0 fully saturated rings. The van der Waals surface area contributed by atoms with Gasteiger partial charge in [0, 0.05) is 0 Å². The van der Waals surface area contributed by atoms with Crippen molar-refractivity contribution in [3.05, 3.63) is 164 Å². The molecule has 0 nitrogen and oxygen atoms in total. The Morgan fingerprint density at radius 2 is 0.776 bits per heavy atom. The van der Waals surface area contributed by atoms with Crippen molar-refractivity contribution in [3.63, 3.8) is 0 Å².